The molecule has 0 radical (unpaired) electrons. The Hall–Kier alpha value is -2.78. The van der Waals surface area contributed by atoms with Crippen molar-refractivity contribution < 1.29 is 22.7 Å². The number of nitrogens with one attached hydrogen (secondary N) is 1. The third kappa shape index (κ3) is 4.52. The molecule has 0 saturated carbocycles. The largest absolute Gasteiger partial charge is 0.476 e. The number of anilines is 2. The van der Waals surface area contributed by atoms with E-state index in [1.54, 1.807) is 24.3 Å². The average molecular weight is 432 g/mol. The monoisotopic (exact) mass is 431 g/mol. The molecule has 9 heteroatoms. The lowest BCUT2D eigenvalue weighted by Crippen LogP contribution is -2.50. The lowest BCUT2D eigenvalue weighted by Gasteiger charge is -2.33. The van der Waals surface area contributed by atoms with Crippen molar-refractivity contribution in [3.63, 3.8) is 0 Å². The van der Waals surface area contributed by atoms with Gasteiger partial charge in [-0.3, -0.25) is 9.10 Å². The Labute approximate surface area is 176 Å². The molecule has 0 aromatic heterocycles. The summed E-state index contributed by atoms with van der Waals surface area (Å²) in [4.78, 5) is 15.0. The molecule has 30 heavy (non-hydrogen) atoms. The third-order valence-electron chi connectivity index (χ3n) is 5.21. The fraction of sp³-hybridized carbons (Fsp3) is 0.381. The lowest BCUT2D eigenvalue weighted by atomic mass is 10.1. The SMILES string of the molecule is CS(=O)(=O)N1C[C@@H](C(=O)NCc2ccc(N3CCOCC3)cc2)Oc2ccccc21. The normalized spacial score (nSPS) is 19.0. The Bertz CT molecular complexity index is 1000. The van der Waals surface area contributed by atoms with Gasteiger partial charge in [0.15, 0.2) is 6.10 Å². The van der Waals surface area contributed by atoms with Crippen LogP contribution in [0.15, 0.2) is 48.5 Å². The number of sulfonamides is 1. The van der Waals surface area contributed by atoms with Crippen LogP contribution in [0.3, 0.4) is 0 Å². The summed E-state index contributed by atoms with van der Waals surface area (Å²) < 4.78 is 36.7. The highest BCUT2D eigenvalue weighted by molar-refractivity contribution is 7.92. The number of carbonyl (C=O) groups excluding carboxylic acids is 1. The maximum Gasteiger partial charge on any atom is 0.263 e. The Morgan fingerprint density at radius 1 is 1.10 bits per heavy atom. The van der Waals surface area contributed by atoms with Gasteiger partial charge < -0.3 is 19.7 Å². The van der Waals surface area contributed by atoms with E-state index >= 15 is 0 Å². The molecular formula is C21H25N3O5S. The number of nitrogens with zero attached hydrogens (tertiary/aromatic N) is 2. The van der Waals surface area contributed by atoms with Crippen LogP contribution < -0.4 is 19.3 Å². The highest BCUT2D eigenvalue weighted by Gasteiger charge is 2.34. The van der Waals surface area contributed by atoms with Gasteiger partial charge in [-0.15, -0.1) is 0 Å². The van der Waals surface area contributed by atoms with Gasteiger partial charge in [0.25, 0.3) is 5.91 Å². The van der Waals surface area contributed by atoms with Crippen LogP contribution in [0, 0.1) is 0 Å². The first-order valence-electron chi connectivity index (χ1n) is 9.84. The van der Waals surface area contributed by atoms with Crippen LogP contribution >= 0.6 is 0 Å². The Balaban J connectivity index is 1.39. The fourth-order valence-electron chi connectivity index (χ4n) is 3.60. The predicted molar refractivity (Wildman–Crippen MR) is 114 cm³/mol. The number of fused-ring (bicyclic) bond motifs is 1. The van der Waals surface area contributed by atoms with E-state index in [4.69, 9.17) is 9.47 Å². The van der Waals surface area contributed by atoms with Crippen molar-refractivity contribution >= 4 is 27.3 Å². The molecule has 2 aromatic carbocycles. The van der Waals surface area contributed by atoms with Gasteiger partial charge in [0, 0.05) is 25.3 Å². The Kier molecular flexibility index (Phi) is 5.83. The third-order valence-corrected chi connectivity index (χ3v) is 6.35. The van der Waals surface area contributed by atoms with E-state index in [1.807, 2.05) is 24.3 Å². The summed E-state index contributed by atoms with van der Waals surface area (Å²) in [6, 6.07) is 14.8. The van der Waals surface area contributed by atoms with E-state index in [2.05, 4.69) is 10.2 Å². The maximum atomic E-state index is 12.7. The molecule has 0 bridgehead atoms. The summed E-state index contributed by atoms with van der Waals surface area (Å²) in [6.45, 7) is 3.47. The maximum absolute atomic E-state index is 12.7. The van der Waals surface area contributed by atoms with Crippen molar-refractivity contribution in [2.45, 2.75) is 12.6 Å². The van der Waals surface area contributed by atoms with E-state index in [-0.39, 0.29) is 12.5 Å². The highest BCUT2D eigenvalue weighted by atomic mass is 32.2. The lowest BCUT2D eigenvalue weighted by molar-refractivity contribution is -0.127. The average Bonchev–Trinajstić information content (AvgIpc) is 2.77. The molecule has 160 valence electrons. The van der Waals surface area contributed by atoms with Gasteiger partial charge in [-0.25, -0.2) is 8.42 Å². The van der Waals surface area contributed by atoms with Crippen LogP contribution in [-0.4, -0.2) is 59.5 Å². The number of ether oxygens (including phenoxy) is 2. The molecule has 1 saturated heterocycles. The minimum atomic E-state index is -3.53. The number of amides is 1. The van der Waals surface area contributed by atoms with Crippen molar-refractivity contribution in [1.29, 1.82) is 0 Å². The highest BCUT2D eigenvalue weighted by Crippen LogP contribution is 2.34. The van der Waals surface area contributed by atoms with Crippen molar-refractivity contribution in [1.82, 2.24) is 5.32 Å². The second kappa shape index (κ2) is 8.53. The van der Waals surface area contributed by atoms with Crippen molar-refractivity contribution in [3.05, 3.63) is 54.1 Å². The van der Waals surface area contributed by atoms with E-state index in [0.717, 1.165) is 43.8 Å². The van der Waals surface area contributed by atoms with E-state index in [1.165, 1.54) is 4.31 Å². The van der Waals surface area contributed by atoms with Crippen LogP contribution in [0.1, 0.15) is 5.56 Å². The zero-order chi connectivity index (χ0) is 21.1. The summed E-state index contributed by atoms with van der Waals surface area (Å²) in [5, 5.41) is 2.85. The number of carbonyl (C=O) groups is 1. The first kappa shape index (κ1) is 20.5. The number of hydrogen-bond acceptors (Lipinski definition) is 6. The van der Waals surface area contributed by atoms with E-state index in [9.17, 15) is 13.2 Å². The van der Waals surface area contributed by atoms with Gasteiger partial charge in [0.05, 0.1) is 31.7 Å². The minimum absolute atomic E-state index is 0.0579. The Morgan fingerprint density at radius 3 is 2.50 bits per heavy atom. The van der Waals surface area contributed by atoms with Gasteiger partial charge in [-0.05, 0) is 29.8 Å². The summed E-state index contributed by atoms with van der Waals surface area (Å²) in [6.07, 6.45) is 0.210. The van der Waals surface area contributed by atoms with Crippen molar-refractivity contribution in [3.8, 4) is 5.75 Å². The molecule has 8 nitrogen and oxygen atoms in total. The Morgan fingerprint density at radius 2 is 1.80 bits per heavy atom. The molecule has 2 heterocycles. The molecule has 0 aliphatic carbocycles. The van der Waals surface area contributed by atoms with Gasteiger partial charge in [0.1, 0.15) is 5.75 Å². The van der Waals surface area contributed by atoms with Crippen LogP contribution in [0.2, 0.25) is 0 Å². The van der Waals surface area contributed by atoms with Gasteiger partial charge in [0.2, 0.25) is 10.0 Å². The fourth-order valence-corrected chi connectivity index (χ4v) is 4.52. The molecular weight excluding hydrogens is 406 g/mol. The summed E-state index contributed by atoms with van der Waals surface area (Å²) in [5.74, 6) is 0.0274. The predicted octanol–water partition coefficient (Wildman–Crippen LogP) is 1.37. The summed E-state index contributed by atoms with van der Waals surface area (Å²) in [5.41, 5.74) is 2.53. The molecule has 1 fully saturated rings. The second-order valence-corrected chi connectivity index (χ2v) is 9.26. The molecule has 0 unspecified atom stereocenters. The first-order chi connectivity index (χ1) is 14.4. The van der Waals surface area contributed by atoms with E-state index < -0.39 is 16.1 Å². The van der Waals surface area contributed by atoms with Crippen molar-refractivity contribution in [2.24, 2.45) is 0 Å². The molecule has 2 aliphatic heterocycles. The van der Waals surface area contributed by atoms with Gasteiger partial charge >= 0.3 is 0 Å². The quantitative estimate of drug-likeness (QED) is 0.769. The molecule has 4 rings (SSSR count). The zero-order valence-corrected chi connectivity index (χ0v) is 17.6. The smallest absolute Gasteiger partial charge is 0.263 e. The van der Waals surface area contributed by atoms with Crippen LogP contribution in [-0.2, 0) is 26.1 Å². The topological polar surface area (TPSA) is 88.2 Å². The molecule has 0 spiro atoms. The minimum Gasteiger partial charge on any atom is -0.476 e. The summed E-state index contributed by atoms with van der Waals surface area (Å²) in [7, 11) is -3.53. The zero-order valence-electron chi connectivity index (χ0n) is 16.8. The molecule has 1 N–H and O–H groups in total. The first-order valence-corrected chi connectivity index (χ1v) is 11.7. The molecule has 2 aliphatic rings. The van der Waals surface area contributed by atoms with Crippen LogP contribution in [0.4, 0.5) is 11.4 Å². The molecule has 1 atom stereocenters. The number of rotatable bonds is 5. The second-order valence-electron chi connectivity index (χ2n) is 7.35. The number of benzene rings is 2. The van der Waals surface area contributed by atoms with Crippen LogP contribution in [0.25, 0.3) is 0 Å². The van der Waals surface area contributed by atoms with Gasteiger partial charge in [-0.1, -0.05) is 24.3 Å². The van der Waals surface area contributed by atoms with Gasteiger partial charge in [-0.2, -0.15) is 0 Å². The number of hydrogen-bond donors (Lipinski definition) is 1. The standard InChI is InChI=1S/C21H25N3O5S/c1-30(26,27)24-15-20(29-19-5-3-2-4-18(19)24)21(25)22-14-16-6-8-17(9-7-16)23-10-12-28-13-11-23/h2-9,20H,10-15H2,1H3,(H,22,25)/t20-/m0/s1. The number of para-hydroxylation sites is 2. The van der Waals surface area contributed by atoms with Crippen LogP contribution in [0.5, 0.6) is 5.75 Å². The molecule has 1 amide bonds. The summed E-state index contributed by atoms with van der Waals surface area (Å²) >= 11 is 0. The van der Waals surface area contributed by atoms with E-state index in [0.29, 0.717) is 18.0 Å². The van der Waals surface area contributed by atoms with Crippen molar-refractivity contribution in [2.75, 3.05) is 48.3 Å². The molecule has 2 aromatic rings. The number of morpholine rings is 1.